The number of halogens is 1. The van der Waals surface area contributed by atoms with Crippen LogP contribution in [-0.2, 0) is 0 Å². The zero-order valence-electron chi connectivity index (χ0n) is 8.37. The van der Waals surface area contributed by atoms with Crippen LogP contribution >= 0.6 is 0 Å². The zero-order chi connectivity index (χ0) is 10.7. The molecule has 0 amide bonds. The Labute approximate surface area is 81.8 Å². The predicted molar refractivity (Wildman–Crippen MR) is 49.9 cm³/mol. The monoisotopic (exact) mass is 200 g/mol. The number of nitrogens with zero attached hydrogens (tertiary/aromatic N) is 1. The summed E-state index contributed by atoms with van der Waals surface area (Å²) in [6, 6.07) is 0.875. The first kappa shape index (κ1) is 10.7. The summed E-state index contributed by atoms with van der Waals surface area (Å²) >= 11 is 0. The molecule has 14 heavy (non-hydrogen) atoms. The number of rotatable bonds is 3. The van der Waals surface area contributed by atoms with E-state index < -0.39 is 11.9 Å². The van der Waals surface area contributed by atoms with Crippen LogP contribution in [0, 0.1) is 5.82 Å². The molecule has 1 rings (SSSR count). The van der Waals surface area contributed by atoms with E-state index in [2.05, 4.69) is 4.98 Å². The molecule has 0 fully saturated rings. The standard InChI is InChI=1S/C9H13FN2O2/c1-5(11)9-8(10)6(13-2)4-7(12-9)14-3/h4-5H,11H2,1-3H3. The fourth-order valence-electron chi connectivity index (χ4n) is 1.06. The molecule has 0 saturated heterocycles. The Kier molecular flexibility index (Phi) is 3.24. The van der Waals surface area contributed by atoms with Crippen LogP contribution in [0.5, 0.6) is 11.6 Å². The molecule has 0 aliphatic rings. The lowest BCUT2D eigenvalue weighted by Crippen LogP contribution is -2.11. The summed E-state index contributed by atoms with van der Waals surface area (Å²) in [6.45, 7) is 1.64. The van der Waals surface area contributed by atoms with E-state index >= 15 is 0 Å². The van der Waals surface area contributed by atoms with Gasteiger partial charge in [-0.3, -0.25) is 0 Å². The van der Waals surface area contributed by atoms with E-state index in [-0.39, 0.29) is 17.3 Å². The number of ether oxygens (including phenoxy) is 2. The van der Waals surface area contributed by atoms with Gasteiger partial charge in [-0.15, -0.1) is 0 Å². The molecular weight excluding hydrogens is 187 g/mol. The van der Waals surface area contributed by atoms with Crippen LogP contribution in [0.25, 0.3) is 0 Å². The molecule has 0 aromatic carbocycles. The van der Waals surface area contributed by atoms with Crippen molar-refractivity contribution in [1.82, 2.24) is 4.98 Å². The molecule has 5 heteroatoms. The van der Waals surface area contributed by atoms with Crippen molar-refractivity contribution in [3.8, 4) is 11.6 Å². The highest BCUT2D eigenvalue weighted by atomic mass is 19.1. The van der Waals surface area contributed by atoms with E-state index in [1.165, 1.54) is 20.3 Å². The van der Waals surface area contributed by atoms with Gasteiger partial charge in [-0.1, -0.05) is 0 Å². The van der Waals surface area contributed by atoms with Gasteiger partial charge >= 0.3 is 0 Å². The van der Waals surface area contributed by atoms with Gasteiger partial charge in [-0.2, -0.15) is 0 Å². The smallest absolute Gasteiger partial charge is 0.217 e. The molecule has 1 heterocycles. The van der Waals surface area contributed by atoms with Crippen molar-refractivity contribution in [3.63, 3.8) is 0 Å². The van der Waals surface area contributed by atoms with Crippen molar-refractivity contribution < 1.29 is 13.9 Å². The number of pyridine rings is 1. The second kappa shape index (κ2) is 4.23. The average Bonchev–Trinajstić information content (AvgIpc) is 2.17. The van der Waals surface area contributed by atoms with Crippen LogP contribution in [0.4, 0.5) is 4.39 Å². The Morgan fingerprint density at radius 2 is 2.07 bits per heavy atom. The van der Waals surface area contributed by atoms with Gasteiger partial charge in [0.25, 0.3) is 0 Å². The van der Waals surface area contributed by atoms with Gasteiger partial charge in [-0.05, 0) is 6.92 Å². The van der Waals surface area contributed by atoms with Crippen LogP contribution in [0.3, 0.4) is 0 Å². The van der Waals surface area contributed by atoms with Crippen LogP contribution in [0.1, 0.15) is 18.7 Å². The Balaban J connectivity index is 3.27. The number of methoxy groups -OCH3 is 2. The highest BCUT2D eigenvalue weighted by Crippen LogP contribution is 2.26. The Morgan fingerprint density at radius 3 is 2.50 bits per heavy atom. The van der Waals surface area contributed by atoms with Crippen molar-refractivity contribution >= 4 is 0 Å². The van der Waals surface area contributed by atoms with Crippen molar-refractivity contribution in [2.45, 2.75) is 13.0 Å². The molecule has 4 nitrogen and oxygen atoms in total. The summed E-state index contributed by atoms with van der Waals surface area (Å²) in [5, 5.41) is 0. The second-order valence-corrected chi connectivity index (χ2v) is 2.85. The maximum atomic E-state index is 13.5. The summed E-state index contributed by atoms with van der Waals surface area (Å²) in [7, 11) is 2.83. The first-order valence-electron chi connectivity index (χ1n) is 4.14. The summed E-state index contributed by atoms with van der Waals surface area (Å²) in [5.41, 5.74) is 5.69. The van der Waals surface area contributed by atoms with E-state index in [0.29, 0.717) is 0 Å². The zero-order valence-corrected chi connectivity index (χ0v) is 8.37. The average molecular weight is 200 g/mol. The van der Waals surface area contributed by atoms with Crippen LogP contribution in [0.2, 0.25) is 0 Å². The van der Waals surface area contributed by atoms with Gasteiger partial charge in [0.05, 0.1) is 14.2 Å². The van der Waals surface area contributed by atoms with E-state index in [1.807, 2.05) is 0 Å². The number of aromatic nitrogens is 1. The minimum absolute atomic E-state index is 0.0872. The fourth-order valence-corrected chi connectivity index (χ4v) is 1.06. The first-order valence-corrected chi connectivity index (χ1v) is 4.14. The van der Waals surface area contributed by atoms with Crippen LogP contribution in [0.15, 0.2) is 6.07 Å². The molecule has 0 bridgehead atoms. The second-order valence-electron chi connectivity index (χ2n) is 2.85. The Bertz CT molecular complexity index is 329. The molecule has 0 spiro atoms. The van der Waals surface area contributed by atoms with Gasteiger partial charge in [-0.25, -0.2) is 9.37 Å². The quantitative estimate of drug-likeness (QED) is 0.798. The Morgan fingerprint density at radius 1 is 1.43 bits per heavy atom. The van der Waals surface area contributed by atoms with Crippen LogP contribution in [-0.4, -0.2) is 19.2 Å². The Hall–Kier alpha value is -1.36. The van der Waals surface area contributed by atoms with Crippen molar-refractivity contribution in [2.24, 2.45) is 5.73 Å². The number of hydrogen-bond acceptors (Lipinski definition) is 4. The summed E-state index contributed by atoms with van der Waals surface area (Å²) in [5.74, 6) is -0.164. The van der Waals surface area contributed by atoms with Gasteiger partial charge in [0.2, 0.25) is 5.88 Å². The third-order valence-corrected chi connectivity index (χ3v) is 1.79. The van der Waals surface area contributed by atoms with Gasteiger partial charge in [0.15, 0.2) is 11.6 Å². The van der Waals surface area contributed by atoms with E-state index in [9.17, 15) is 4.39 Å². The molecule has 0 saturated carbocycles. The largest absolute Gasteiger partial charge is 0.493 e. The van der Waals surface area contributed by atoms with Gasteiger partial charge < -0.3 is 15.2 Å². The highest BCUT2D eigenvalue weighted by molar-refractivity contribution is 5.33. The molecule has 0 aliphatic heterocycles. The minimum atomic E-state index is -0.539. The van der Waals surface area contributed by atoms with E-state index in [1.54, 1.807) is 6.92 Å². The SMILES string of the molecule is COc1cc(OC)c(F)c(C(C)N)n1. The maximum Gasteiger partial charge on any atom is 0.217 e. The maximum absolute atomic E-state index is 13.5. The molecule has 0 aliphatic carbocycles. The van der Waals surface area contributed by atoms with Crippen molar-refractivity contribution in [1.29, 1.82) is 0 Å². The predicted octanol–water partition coefficient (Wildman–Crippen LogP) is 1.26. The number of hydrogen-bond donors (Lipinski definition) is 1. The molecule has 1 atom stereocenters. The molecule has 1 aromatic rings. The van der Waals surface area contributed by atoms with Gasteiger partial charge in [0.1, 0.15) is 5.69 Å². The third kappa shape index (κ3) is 1.93. The molecule has 0 radical (unpaired) electrons. The highest BCUT2D eigenvalue weighted by Gasteiger charge is 2.16. The molecule has 78 valence electrons. The normalized spacial score (nSPS) is 12.4. The summed E-state index contributed by atoms with van der Waals surface area (Å²) in [4.78, 5) is 3.90. The van der Waals surface area contributed by atoms with Gasteiger partial charge in [0, 0.05) is 12.1 Å². The van der Waals surface area contributed by atoms with E-state index in [4.69, 9.17) is 15.2 Å². The summed E-state index contributed by atoms with van der Waals surface area (Å²) < 4.78 is 23.2. The lowest BCUT2D eigenvalue weighted by molar-refractivity contribution is 0.358. The lowest BCUT2D eigenvalue weighted by Gasteiger charge is -2.11. The molecule has 2 N–H and O–H groups in total. The molecular formula is C9H13FN2O2. The van der Waals surface area contributed by atoms with E-state index in [0.717, 1.165) is 0 Å². The topological polar surface area (TPSA) is 57.4 Å². The minimum Gasteiger partial charge on any atom is -0.493 e. The van der Waals surface area contributed by atoms with Crippen molar-refractivity contribution in [3.05, 3.63) is 17.6 Å². The van der Waals surface area contributed by atoms with Crippen LogP contribution < -0.4 is 15.2 Å². The molecule has 1 unspecified atom stereocenters. The third-order valence-electron chi connectivity index (χ3n) is 1.79. The van der Waals surface area contributed by atoms with Crippen molar-refractivity contribution in [2.75, 3.05) is 14.2 Å². The fraction of sp³-hybridized carbons (Fsp3) is 0.444. The lowest BCUT2D eigenvalue weighted by atomic mass is 10.2. The molecule has 1 aromatic heterocycles. The summed E-state index contributed by atoms with van der Waals surface area (Å²) in [6.07, 6.45) is 0. The number of nitrogens with two attached hydrogens (primary N) is 1. The first-order chi connectivity index (χ1) is 6.60.